The molecule has 0 amide bonds. The minimum absolute atomic E-state index is 0.223. The van der Waals surface area contributed by atoms with Gasteiger partial charge in [0.25, 0.3) is 0 Å². The number of nitrogens with two attached hydrogens (primary N) is 1. The van der Waals surface area contributed by atoms with Crippen LogP contribution in [0.4, 0.5) is 11.4 Å². The Labute approximate surface area is 126 Å². The molecular formula is C14H24N4O2S. The SMILES string of the molecule is CNS(=O)(=O)c1ccc(N)c(NCCCN2CCCC2)c1. The predicted molar refractivity (Wildman–Crippen MR) is 85.9 cm³/mol. The van der Waals surface area contributed by atoms with Crippen LogP contribution in [0.3, 0.4) is 0 Å². The van der Waals surface area contributed by atoms with E-state index in [-0.39, 0.29) is 4.90 Å². The van der Waals surface area contributed by atoms with Crippen molar-refractivity contribution in [3.63, 3.8) is 0 Å². The van der Waals surface area contributed by atoms with Crippen molar-refractivity contribution in [1.29, 1.82) is 0 Å². The molecule has 0 spiro atoms. The fourth-order valence-electron chi connectivity index (χ4n) is 2.51. The van der Waals surface area contributed by atoms with Crippen LogP contribution >= 0.6 is 0 Å². The molecule has 1 saturated heterocycles. The molecule has 21 heavy (non-hydrogen) atoms. The van der Waals surface area contributed by atoms with E-state index in [2.05, 4.69) is 14.9 Å². The summed E-state index contributed by atoms with van der Waals surface area (Å²) in [5.41, 5.74) is 7.13. The summed E-state index contributed by atoms with van der Waals surface area (Å²) < 4.78 is 25.9. The van der Waals surface area contributed by atoms with E-state index in [1.54, 1.807) is 12.1 Å². The Balaban J connectivity index is 1.91. The molecule has 1 fully saturated rings. The Kier molecular flexibility index (Phi) is 5.44. The maximum Gasteiger partial charge on any atom is 0.240 e. The molecule has 6 nitrogen and oxygen atoms in total. The Bertz CT molecular complexity index is 568. The molecule has 4 N–H and O–H groups in total. The van der Waals surface area contributed by atoms with Gasteiger partial charge in [-0.05, 0) is 64.1 Å². The molecule has 0 unspecified atom stereocenters. The molecule has 0 saturated carbocycles. The minimum Gasteiger partial charge on any atom is -0.397 e. The van der Waals surface area contributed by atoms with Gasteiger partial charge in [0.05, 0.1) is 16.3 Å². The summed E-state index contributed by atoms with van der Waals surface area (Å²) >= 11 is 0. The minimum atomic E-state index is -3.43. The Hall–Kier alpha value is -1.31. The van der Waals surface area contributed by atoms with Crippen LogP contribution in [0.5, 0.6) is 0 Å². The quantitative estimate of drug-likeness (QED) is 0.518. The van der Waals surface area contributed by atoms with E-state index in [4.69, 9.17) is 5.73 Å². The van der Waals surface area contributed by atoms with Crippen molar-refractivity contribution >= 4 is 21.4 Å². The van der Waals surface area contributed by atoms with Crippen LogP contribution in [-0.4, -0.2) is 46.5 Å². The molecule has 0 bridgehead atoms. The first-order chi connectivity index (χ1) is 10.0. The number of nitrogen functional groups attached to an aromatic ring is 1. The average Bonchev–Trinajstić information content (AvgIpc) is 2.98. The van der Waals surface area contributed by atoms with E-state index in [1.807, 2.05) is 0 Å². The molecule has 1 aromatic carbocycles. The highest BCUT2D eigenvalue weighted by molar-refractivity contribution is 7.89. The zero-order valence-corrected chi connectivity index (χ0v) is 13.2. The van der Waals surface area contributed by atoms with Crippen molar-refractivity contribution in [3.05, 3.63) is 18.2 Å². The third-order valence-corrected chi connectivity index (χ3v) is 5.18. The number of likely N-dealkylation sites (tertiary alicyclic amines) is 1. The van der Waals surface area contributed by atoms with Gasteiger partial charge in [-0.1, -0.05) is 0 Å². The number of nitrogens with zero attached hydrogens (tertiary/aromatic N) is 1. The highest BCUT2D eigenvalue weighted by atomic mass is 32.2. The van der Waals surface area contributed by atoms with E-state index in [0.29, 0.717) is 11.4 Å². The van der Waals surface area contributed by atoms with Gasteiger partial charge in [0.15, 0.2) is 0 Å². The fraction of sp³-hybridized carbons (Fsp3) is 0.571. The summed E-state index contributed by atoms with van der Waals surface area (Å²) in [4.78, 5) is 2.67. The number of benzene rings is 1. The van der Waals surface area contributed by atoms with Gasteiger partial charge in [0.2, 0.25) is 10.0 Å². The van der Waals surface area contributed by atoms with Crippen LogP contribution < -0.4 is 15.8 Å². The standard InChI is InChI=1S/C14H24N4O2S/c1-16-21(19,20)12-5-6-13(15)14(11-12)17-7-4-10-18-8-2-3-9-18/h5-6,11,16-17H,2-4,7-10,15H2,1H3. The zero-order valence-electron chi connectivity index (χ0n) is 12.4. The lowest BCUT2D eigenvalue weighted by atomic mass is 10.2. The van der Waals surface area contributed by atoms with Crippen molar-refractivity contribution in [2.24, 2.45) is 0 Å². The third kappa shape index (κ3) is 4.33. The molecule has 0 aliphatic carbocycles. The smallest absolute Gasteiger partial charge is 0.240 e. The molecule has 1 aliphatic heterocycles. The van der Waals surface area contributed by atoms with Gasteiger partial charge in [-0.25, -0.2) is 13.1 Å². The first-order valence-electron chi connectivity index (χ1n) is 7.32. The Morgan fingerprint density at radius 3 is 2.67 bits per heavy atom. The summed E-state index contributed by atoms with van der Waals surface area (Å²) in [7, 11) is -2.04. The van der Waals surface area contributed by atoms with Gasteiger partial charge in [-0.3, -0.25) is 0 Å². The first-order valence-corrected chi connectivity index (χ1v) is 8.80. The molecule has 1 aliphatic rings. The van der Waals surface area contributed by atoms with Crippen molar-refractivity contribution in [2.45, 2.75) is 24.2 Å². The zero-order chi connectivity index (χ0) is 15.3. The normalized spacial score (nSPS) is 16.2. The number of nitrogens with one attached hydrogen (secondary N) is 2. The molecule has 7 heteroatoms. The van der Waals surface area contributed by atoms with Gasteiger partial charge in [0.1, 0.15) is 0 Å². The van der Waals surface area contributed by atoms with Gasteiger partial charge in [-0.15, -0.1) is 0 Å². The number of rotatable bonds is 7. The predicted octanol–water partition coefficient (Wildman–Crippen LogP) is 1.07. The van der Waals surface area contributed by atoms with Crippen LogP contribution in [-0.2, 0) is 10.0 Å². The van der Waals surface area contributed by atoms with E-state index < -0.39 is 10.0 Å². The topological polar surface area (TPSA) is 87.5 Å². The lowest BCUT2D eigenvalue weighted by molar-refractivity contribution is 0.337. The lowest BCUT2D eigenvalue weighted by Crippen LogP contribution is -2.22. The molecule has 0 aromatic heterocycles. The van der Waals surface area contributed by atoms with Crippen LogP contribution in [0.15, 0.2) is 23.1 Å². The van der Waals surface area contributed by atoms with Crippen molar-refractivity contribution in [3.8, 4) is 0 Å². The third-order valence-electron chi connectivity index (χ3n) is 3.77. The highest BCUT2D eigenvalue weighted by Crippen LogP contribution is 2.22. The molecule has 118 valence electrons. The number of sulfonamides is 1. The Morgan fingerprint density at radius 1 is 1.29 bits per heavy atom. The van der Waals surface area contributed by atoms with Crippen LogP contribution in [0.25, 0.3) is 0 Å². The first kappa shape index (κ1) is 16.1. The van der Waals surface area contributed by atoms with Crippen molar-refractivity contribution < 1.29 is 8.42 Å². The van der Waals surface area contributed by atoms with Crippen LogP contribution in [0, 0.1) is 0 Å². The maximum absolute atomic E-state index is 11.8. The summed E-state index contributed by atoms with van der Waals surface area (Å²) in [6.45, 7) is 4.24. The average molecular weight is 312 g/mol. The maximum atomic E-state index is 11.8. The van der Waals surface area contributed by atoms with E-state index >= 15 is 0 Å². The van der Waals surface area contributed by atoms with Crippen molar-refractivity contribution in [1.82, 2.24) is 9.62 Å². The molecule has 0 atom stereocenters. The van der Waals surface area contributed by atoms with E-state index in [9.17, 15) is 8.42 Å². The fourth-order valence-corrected chi connectivity index (χ4v) is 3.26. The lowest BCUT2D eigenvalue weighted by Gasteiger charge is -2.15. The van der Waals surface area contributed by atoms with Gasteiger partial charge in [0, 0.05) is 6.54 Å². The van der Waals surface area contributed by atoms with Gasteiger partial charge >= 0.3 is 0 Å². The van der Waals surface area contributed by atoms with Gasteiger partial charge < -0.3 is 16.0 Å². The summed E-state index contributed by atoms with van der Waals surface area (Å²) in [6.07, 6.45) is 3.61. The van der Waals surface area contributed by atoms with Gasteiger partial charge in [-0.2, -0.15) is 0 Å². The van der Waals surface area contributed by atoms with E-state index in [1.165, 1.54) is 39.0 Å². The second-order valence-corrected chi connectivity index (χ2v) is 7.17. The Morgan fingerprint density at radius 2 is 2.00 bits per heavy atom. The second-order valence-electron chi connectivity index (χ2n) is 5.29. The number of hydrogen-bond acceptors (Lipinski definition) is 5. The highest BCUT2D eigenvalue weighted by Gasteiger charge is 2.13. The monoisotopic (exact) mass is 312 g/mol. The molecular weight excluding hydrogens is 288 g/mol. The molecule has 1 aromatic rings. The number of hydrogen-bond donors (Lipinski definition) is 3. The summed E-state index contributed by atoms with van der Waals surface area (Å²) in [5, 5.41) is 3.23. The molecule has 2 rings (SSSR count). The largest absolute Gasteiger partial charge is 0.397 e. The summed E-state index contributed by atoms with van der Waals surface area (Å²) in [6, 6.07) is 4.71. The van der Waals surface area contributed by atoms with E-state index in [0.717, 1.165) is 19.5 Å². The van der Waals surface area contributed by atoms with Crippen LogP contribution in [0.1, 0.15) is 19.3 Å². The summed E-state index contributed by atoms with van der Waals surface area (Å²) in [5.74, 6) is 0. The number of anilines is 2. The molecule has 1 heterocycles. The van der Waals surface area contributed by atoms with Crippen LogP contribution in [0.2, 0.25) is 0 Å². The second kappa shape index (κ2) is 7.11. The van der Waals surface area contributed by atoms with Crippen molar-refractivity contribution in [2.75, 3.05) is 44.3 Å². The molecule has 0 radical (unpaired) electrons.